The maximum Gasteiger partial charge on any atom is 0.173 e. The predicted octanol–water partition coefficient (Wildman–Crippen LogP) is 5.65. The van der Waals surface area contributed by atoms with Gasteiger partial charge in [0.25, 0.3) is 0 Å². The van der Waals surface area contributed by atoms with Gasteiger partial charge in [-0.05, 0) is 41.9 Å². The number of fused-ring (bicyclic) bond motifs is 5. The summed E-state index contributed by atoms with van der Waals surface area (Å²) in [7, 11) is 0. The van der Waals surface area contributed by atoms with Crippen molar-refractivity contribution < 1.29 is 19.4 Å². The molecule has 1 aliphatic heterocycles. The molecular formula is C30H32O4. The van der Waals surface area contributed by atoms with Gasteiger partial charge in [0, 0.05) is 17.1 Å². The molecule has 2 aromatic rings. The first-order valence-electron chi connectivity index (χ1n) is 12.1. The number of benzene rings is 2. The van der Waals surface area contributed by atoms with Crippen LogP contribution >= 0.6 is 0 Å². The van der Waals surface area contributed by atoms with E-state index in [4.69, 9.17) is 4.74 Å². The fraction of sp³-hybridized carbons (Fsp3) is 0.400. The summed E-state index contributed by atoms with van der Waals surface area (Å²) < 4.78 is 6.61. The Morgan fingerprint density at radius 2 is 1.74 bits per heavy atom. The molecule has 3 unspecified atom stereocenters. The summed E-state index contributed by atoms with van der Waals surface area (Å²) >= 11 is 0. The van der Waals surface area contributed by atoms with Crippen molar-refractivity contribution in [1.82, 2.24) is 0 Å². The molecule has 1 N–H and O–H groups in total. The van der Waals surface area contributed by atoms with Gasteiger partial charge in [0.15, 0.2) is 11.6 Å². The Labute approximate surface area is 201 Å². The number of ketones is 2. The highest BCUT2D eigenvalue weighted by Crippen LogP contribution is 2.67. The molecule has 0 amide bonds. The number of hydrogen-bond donors (Lipinski definition) is 1. The molecule has 4 nitrogen and oxygen atoms in total. The van der Waals surface area contributed by atoms with Crippen molar-refractivity contribution in [3.8, 4) is 0 Å². The summed E-state index contributed by atoms with van der Waals surface area (Å²) in [5.74, 6) is -0.933. The highest BCUT2D eigenvalue weighted by atomic mass is 16.5. The number of ether oxygens (including phenoxy) is 1. The van der Waals surface area contributed by atoms with E-state index >= 15 is 0 Å². The smallest absolute Gasteiger partial charge is 0.173 e. The number of carbonyl (C=O) groups is 2. The van der Waals surface area contributed by atoms with Crippen molar-refractivity contribution in [2.75, 3.05) is 0 Å². The summed E-state index contributed by atoms with van der Waals surface area (Å²) in [4.78, 5) is 27.8. The molecular weight excluding hydrogens is 424 g/mol. The van der Waals surface area contributed by atoms with Gasteiger partial charge in [0.1, 0.15) is 17.8 Å². The number of allylic oxidation sites excluding steroid dienone is 3. The zero-order valence-electron chi connectivity index (χ0n) is 19.9. The molecule has 5 rings (SSSR count). The van der Waals surface area contributed by atoms with Crippen LogP contribution in [0.15, 0.2) is 73.9 Å². The van der Waals surface area contributed by atoms with Gasteiger partial charge in [0.2, 0.25) is 0 Å². The molecule has 4 heteroatoms. The molecule has 5 atom stereocenters. The summed E-state index contributed by atoms with van der Waals surface area (Å²) in [6.07, 6.45) is 5.47. The number of rotatable bonds is 5. The molecule has 0 radical (unpaired) electrons. The minimum absolute atomic E-state index is 0.215. The third kappa shape index (κ3) is 2.81. The van der Waals surface area contributed by atoms with E-state index in [0.717, 1.165) is 22.8 Å². The number of Topliss-reactive ketones (excluding diaryl/α,β-unsaturated/α-hetero) is 1. The van der Waals surface area contributed by atoms with E-state index in [9.17, 15) is 14.7 Å². The van der Waals surface area contributed by atoms with Gasteiger partial charge in [-0.2, -0.15) is 0 Å². The van der Waals surface area contributed by atoms with Crippen LogP contribution in [-0.4, -0.2) is 28.9 Å². The summed E-state index contributed by atoms with van der Waals surface area (Å²) in [6.45, 7) is 11.9. The molecule has 3 aliphatic rings. The largest absolute Gasteiger partial charge is 0.488 e. The lowest BCUT2D eigenvalue weighted by Crippen LogP contribution is -2.74. The van der Waals surface area contributed by atoms with E-state index in [1.807, 2.05) is 56.3 Å². The van der Waals surface area contributed by atoms with Crippen LogP contribution in [0.3, 0.4) is 0 Å². The second-order valence-electron chi connectivity index (χ2n) is 10.8. The maximum atomic E-state index is 14.2. The lowest BCUT2D eigenvalue weighted by atomic mass is 9.39. The van der Waals surface area contributed by atoms with E-state index in [0.29, 0.717) is 25.0 Å². The molecule has 2 bridgehead atoms. The molecule has 0 spiro atoms. The Kier molecular flexibility index (Phi) is 5.21. The minimum Gasteiger partial charge on any atom is -0.488 e. The van der Waals surface area contributed by atoms with Crippen molar-refractivity contribution in [2.45, 2.75) is 51.7 Å². The van der Waals surface area contributed by atoms with Gasteiger partial charge in [-0.25, -0.2) is 0 Å². The van der Waals surface area contributed by atoms with E-state index in [-0.39, 0.29) is 11.6 Å². The van der Waals surface area contributed by atoms with Crippen LogP contribution in [0.5, 0.6) is 0 Å². The van der Waals surface area contributed by atoms with E-state index < -0.39 is 34.4 Å². The number of carbonyl (C=O) groups excluding carboxylic acids is 2. The SMILES string of the molecule is C=CC[C@@]12CCC(C)(C)[C@@](CC=C)(C(=O)C3C(=O)C=C(c4cccc5ccccc45)OC31)C2O. The third-order valence-corrected chi connectivity index (χ3v) is 8.91. The fourth-order valence-corrected chi connectivity index (χ4v) is 7.03. The zero-order chi connectivity index (χ0) is 24.3. The van der Waals surface area contributed by atoms with Gasteiger partial charge in [-0.3, -0.25) is 9.59 Å². The minimum atomic E-state index is -1.08. The van der Waals surface area contributed by atoms with Gasteiger partial charge < -0.3 is 9.84 Å². The third-order valence-electron chi connectivity index (χ3n) is 8.91. The maximum absolute atomic E-state index is 14.2. The molecule has 0 saturated heterocycles. The number of aliphatic hydroxyl groups is 1. The Morgan fingerprint density at radius 3 is 2.47 bits per heavy atom. The highest BCUT2D eigenvalue weighted by Gasteiger charge is 2.73. The van der Waals surface area contributed by atoms with E-state index in [1.54, 1.807) is 12.2 Å². The van der Waals surface area contributed by atoms with Gasteiger partial charge in [-0.1, -0.05) is 68.5 Å². The molecule has 34 heavy (non-hydrogen) atoms. The first kappa shape index (κ1) is 22.8. The van der Waals surface area contributed by atoms with Crippen LogP contribution in [0.2, 0.25) is 0 Å². The van der Waals surface area contributed by atoms with Gasteiger partial charge >= 0.3 is 0 Å². The van der Waals surface area contributed by atoms with E-state index in [2.05, 4.69) is 13.2 Å². The van der Waals surface area contributed by atoms with Gasteiger partial charge in [-0.15, -0.1) is 13.2 Å². The second kappa shape index (κ2) is 7.78. The van der Waals surface area contributed by atoms with Crippen LogP contribution < -0.4 is 0 Å². The van der Waals surface area contributed by atoms with Crippen molar-refractivity contribution in [2.24, 2.45) is 22.2 Å². The number of aliphatic hydroxyl groups excluding tert-OH is 1. The molecule has 2 saturated carbocycles. The molecule has 2 aromatic carbocycles. The molecule has 1 heterocycles. The van der Waals surface area contributed by atoms with Crippen LogP contribution in [0.4, 0.5) is 0 Å². The number of hydrogen-bond acceptors (Lipinski definition) is 4. The quantitative estimate of drug-likeness (QED) is 0.466. The van der Waals surface area contributed by atoms with Crippen LogP contribution in [0, 0.1) is 22.2 Å². The Morgan fingerprint density at radius 1 is 1.03 bits per heavy atom. The van der Waals surface area contributed by atoms with Crippen molar-refractivity contribution in [3.63, 3.8) is 0 Å². The van der Waals surface area contributed by atoms with Crippen molar-refractivity contribution in [3.05, 3.63) is 79.4 Å². The van der Waals surface area contributed by atoms with Gasteiger partial charge in [0.05, 0.1) is 11.5 Å². The standard InChI is InChI=1S/C30H32O4/c1-5-14-29-17-16-28(3,4)30(15-6-2,27(29)33)25(32)24-22(31)18-23(34-26(24)29)21-13-9-11-19-10-7-8-12-20(19)21/h5-13,18,24,26-27,33H,1-2,14-17H2,3-4H3/t24?,26?,27?,29-,30+/m1/s1. The molecule has 0 aromatic heterocycles. The normalized spacial score (nSPS) is 34.1. The zero-order valence-corrected chi connectivity index (χ0v) is 19.9. The second-order valence-corrected chi connectivity index (χ2v) is 10.8. The average Bonchev–Trinajstić information content (AvgIpc) is 2.82. The van der Waals surface area contributed by atoms with Crippen molar-refractivity contribution >= 4 is 28.1 Å². The topological polar surface area (TPSA) is 63.6 Å². The summed E-state index contributed by atoms with van der Waals surface area (Å²) in [5.41, 5.74) is -1.52. The van der Waals surface area contributed by atoms with Crippen LogP contribution in [-0.2, 0) is 14.3 Å². The lowest BCUT2D eigenvalue weighted by molar-refractivity contribution is -0.235. The first-order valence-corrected chi connectivity index (χ1v) is 12.1. The fourth-order valence-electron chi connectivity index (χ4n) is 7.03. The van der Waals surface area contributed by atoms with Crippen LogP contribution in [0.25, 0.3) is 16.5 Å². The highest BCUT2D eigenvalue weighted by molar-refractivity contribution is 6.15. The Hall–Kier alpha value is -2.98. The molecule has 2 aliphatic carbocycles. The predicted molar refractivity (Wildman–Crippen MR) is 134 cm³/mol. The lowest BCUT2D eigenvalue weighted by Gasteiger charge is -2.65. The molecule has 2 fully saturated rings. The Bertz CT molecular complexity index is 1230. The average molecular weight is 457 g/mol. The molecule has 176 valence electrons. The van der Waals surface area contributed by atoms with E-state index in [1.165, 1.54) is 6.08 Å². The van der Waals surface area contributed by atoms with Crippen molar-refractivity contribution in [1.29, 1.82) is 0 Å². The van der Waals surface area contributed by atoms with Crippen LogP contribution in [0.1, 0.15) is 45.1 Å². The summed E-state index contributed by atoms with van der Waals surface area (Å²) in [5, 5.41) is 14.0. The Balaban J connectivity index is 1.70. The monoisotopic (exact) mass is 456 g/mol. The summed E-state index contributed by atoms with van der Waals surface area (Å²) in [6, 6.07) is 13.9. The first-order chi connectivity index (χ1) is 16.2.